The molecule has 2 rings (SSSR count). The van der Waals surface area contributed by atoms with Gasteiger partial charge in [0.2, 0.25) is 5.91 Å². The summed E-state index contributed by atoms with van der Waals surface area (Å²) >= 11 is 0. The summed E-state index contributed by atoms with van der Waals surface area (Å²) in [6, 6.07) is 5.15. The average molecular weight is 263 g/mol. The van der Waals surface area contributed by atoms with Crippen molar-refractivity contribution in [2.24, 2.45) is 0 Å². The molecule has 0 saturated carbocycles. The van der Waals surface area contributed by atoms with Gasteiger partial charge in [0.05, 0.1) is 5.69 Å². The second-order valence-electron chi connectivity index (χ2n) is 4.87. The largest absolute Gasteiger partial charge is 0.476 e. The van der Waals surface area contributed by atoms with Gasteiger partial charge in [0.15, 0.2) is 5.60 Å². The molecule has 0 unspecified atom stereocenters. The number of nitrogens with two attached hydrogens (primary N) is 1. The third-order valence-electron chi connectivity index (χ3n) is 3.01. The molecule has 0 radical (unpaired) electrons. The van der Waals surface area contributed by atoms with Crippen molar-refractivity contribution in [3.8, 4) is 5.75 Å². The van der Waals surface area contributed by atoms with Crippen molar-refractivity contribution in [2.45, 2.75) is 19.4 Å². The summed E-state index contributed by atoms with van der Waals surface area (Å²) in [5, 5.41) is 2.50. The first-order valence-electron chi connectivity index (χ1n) is 5.97. The number of likely N-dealkylation sites (N-methyl/N-ethyl adjacent to an activating group) is 1. The Balaban J connectivity index is 2.51. The molecule has 0 aliphatic carbocycles. The van der Waals surface area contributed by atoms with Crippen LogP contribution in [0.15, 0.2) is 18.2 Å². The van der Waals surface area contributed by atoms with E-state index in [1.54, 1.807) is 32.0 Å². The zero-order valence-corrected chi connectivity index (χ0v) is 11.2. The Kier molecular flexibility index (Phi) is 3.09. The van der Waals surface area contributed by atoms with Gasteiger partial charge in [-0.05, 0) is 26.0 Å². The number of benzene rings is 1. The van der Waals surface area contributed by atoms with Crippen molar-refractivity contribution in [1.29, 1.82) is 0 Å². The molecule has 1 heterocycles. The molecule has 0 saturated heterocycles. The molecule has 1 aliphatic heterocycles. The SMILES string of the molecule is CNC(=O)CN1C(=O)C(C)(C)Oc2cccc(N)c21. The number of anilines is 2. The summed E-state index contributed by atoms with van der Waals surface area (Å²) < 4.78 is 5.65. The number of ether oxygens (including phenoxy) is 1. The first kappa shape index (κ1) is 13.2. The number of carbonyl (C=O) groups is 2. The molecular weight excluding hydrogens is 246 g/mol. The van der Waals surface area contributed by atoms with Crippen molar-refractivity contribution in [3.05, 3.63) is 18.2 Å². The molecule has 1 aromatic carbocycles. The molecule has 102 valence electrons. The van der Waals surface area contributed by atoms with Crippen molar-refractivity contribution in [2.75, 3.05) is 24.2 Å². The number of hydrogen-bond donors (Lipinski definition) is 2. The summed E-state index contributed by atoms with van der Waals surface area (Å²) in [4.78, 5) is 25.3. The highest BCUT2D eigenvalue weighted by molar-refractivity contribution is 6.07. The number of amides is 2. The molecule has 0 bridgehead atoms. The number of nitrogens with one attached hydrogen (secondary N) is 1. The quantitative estimate of drug-likeness (QED) is 0.762. The van der Waals surface area contributed by atoms with Crippen LogP contribution in [0.2, 0.25) is 0 Å². The van der Waals surface area contributed by atoms with Crippen LogP contribution in [-0.4, -0.2) is 31.0 Å². The number of nitrogen functional groups attached to an aromatic ring is 1. The molecule has 1 aliphatic rings. The Bertz CT molecular complexity index is 540. The van der Waals surface area contributed by atoms with E-state index in [0.717, 1.165) is 0 Å². The average Bonchev–Trinajstić information content (AvgIpc) is 2.34. The van der Waals surface area contributed by atoms with Crippen LogP contribution in [0.4, 0.5) is 11.4 Å². The Hall–Kier alpha value is -2.24. The van der Waals surface area contributed by atoms with Crippen molar-refractivity contribution in [3.63, 3.8) is 0 Å². The smallest absolute Gasteiger partial charge is 0.271 e. The third-order valence-corrected chi connectivity index (χ3v) is 3.01. The molecule has 19 heavy (non-hydrogen) atoms. The van der Waals surface area contributed by atoms with Gasteiger partial charge in [0.25, 0.3) is 5.91 Å². The molecule has 6 nitrogen and oxygen atoms in total. The van der Waals surface area contributed by atoms with Crippen molar-refractivity contribution < 1.29 is 14.3 Å². The van der Waals surface area contributed by atoms with Gasteiger partial charge in [-0.3, -0.25) is 14.5 Å². The highest BCUT2D eigenvalue weighted by Gasteiger charge is 2.42. The third kappa shape index (κ3) is 2.21. The zero-order valence-electron chi connectivity index (χ0n) is 11.2. The van der Waals surface area contributed by atoms with Crippen LogP contribution in [-0.2, 0) is 9.59 Å². The highest BCUT2D eigenvalue weighted by Crippen LogP contribution is 2.41. The maximum Gasteiger partial charge on any atom is 0.271 e. The van der Waals surface area contributed by atoms with Gasteiger partial charge in [0.1, 0.15) is 18.0 Å². The van der Waals surface area contributed by atoms with E-state index in [0.29, 0.717) is 17.1 Å². The molecular formula is C13H17N3O3. The second-order valence-corrected chi connectivity index (χ2v) is 4.87. The number of fused-ring (bicyclic) bond motifs is 1. The van der Waals surface area contributed by atoms with Crippen LogP contribution in [0.1, 0.15) is 13.8 Å². The monoisotopic (exact) mass is 263 g/mol. The van der Waals surface area contributed by atoms with E-state index >= 15 is 0 Å². The van der Waals surface area contributed by atoms with Gasteiger partial charge in [-0.25, -0.2) is 0 Å². The fourth-order valence-corrected chi connectivity index (χ4v) is 2.03. The van der Waals surface area contributed by atoms with E-state index < -0.39 is 5.60 Å². The summed E-state index contributed by atoms with van der Waals surface area (Å²) in [5.74, 6) is -0.0461. The second kappa shape index (κ2) is 4.46. The maximum atomic E-state index is 12.4. The van der Waals surface area contributed by atoms with Crippen LogP contribution in [0, 0.1) is 0 Å². The lowest BCUT2D eigenvalue weighted by atomic mass is 10.0. The van der Waals surface area contributed by atoms with Crippen LogP contribution >= 0.6 is 0 Å². The predicted octanol–water partition coefficient (Wildman–Crippen LogP) is 0.519. The zero-order chi connectivity index (χ0) is 14.2. The molecule has 0 atom stereocenters. The summed E-state index contributed by atoms with van der Waals surface area (Å²) in [6.07, 6.45) is 0. The van der Waals surface area contributed by atoms with Gasteiger partial charge in [-0.15, -0.1) is 0 Å². The molecule has 3 N–H and O–H groups in total. The number of carbonyl (C=O) groups excluding carboxylic acids is 2. The lowest BCUT2D eigenvalue weighted by molar-refractivity contribution is -0.134. The Morgan fingerprint density at radius 3 is 2.79 bits per heavy atom. The lowest BCUT2D eigenvalue weighted by Gasteiger charge is -2.38. The normalized spacial score (nSPS) is 16.6. The number of rotatable bonds is 2. The Morgan fingerprint density at radius 2 is 2.16 bits per heavy atom. The van der Waals surface area contributed by atoms with Gasteiger partial charge in [-0.2, -0.15) is 0 Å². The molecule has 6 heteroatoms. The number of hydrogen-bond acceptors (Lipinski definition) is 4. The fraction of sp³-hybridized carbons (Fsp3) is 0.385. The van der Waals surface area contributed by atoms with Gasteiger partial charge in [0, 0.05) is 7.05 Å². The van der Waals surface area contributed by atoms with Crippen LogP contribution in [0.25, 0.3) is 0 Å². The summed E-state index contributed by atoms with van der Waals surface area (Å²) in [5.41, 5.74) is 5.74. The molecule has 2 amide bonds. The molecule has 0 aromatic heterocycles. The van der Waals surface area contributed by atoms with E-state index in [4.69, 9.17) is 10.5 Å². The van der Waals surface area contributed by atoms with E-state index in [2.05, 4.69) is 5.32 Å². The van der Waals surface area contributed by atoms with Crippen molar-refractivity contribution >= 4 is 23.2 Å². The maximum absolute atomic E-state index is 12.4. The van der Waals surface area contributed by atoms with E-state index in [9.17, 15) is 9.59 Å². The standard InChI is InChI=1S/C13H17N3O3/c1-13(2)12(18)16(7-10(17)15-3)11-8(14)5-4-6-9(11)19-13/h4-6H,7,14H2,1-3H3,(H,15,17). The molecule has 0 fully saturated rings. The van der Waals surface area contributed by atoms with Gasteiger partial charge >= 0.3 is 0 Å². The summed E-state index contributed by atoms with van der Waals surface area (Å²) in [7, 11) is 1.52. The molecule has 0 spiro atoms. The minimum Gasteiger partial charge on any atom is -0.476 e. The fourth-order valence-electron chi connectivity index (χ4n) is 2.03. The van der Waals surface area contributed by atoms with E-state index in [1.807, 2.05) is 0 Å². The topological polar surface area (TPSA) is 84.7 Å². The van der Waals surface area contributed by atoms with Crippen LogP contribution < -0.4 is 20.7 Å². The Labute approximate surface area is 111 Å². The minimum absolute atomic E-state index is 0.0800. The molecule has 1 aromatic rings. The van der Waals surface area contributed by atoms with E-state index in [-0.39, 0.29) is 18.4 Å². The van der Waals surface area contributed by atoms with Crippen LogP contribution in [0.3, 0.4) is 0 Å². The van der Waals surface area contributed by atoms with Gasteiger partial charge in [-0.1, -0.05) is 6.07 Å². The van der Waals surface area contributed by atoms with Gasteiger partial charge < -0.3 is 15.8 Å². The minimum atomic E-state index is -1.02. The van der Waals surface area contributed by atoms with E-state index in [1.165, 1.54) is 11.9 Å². The predicted molar refractivity (Wildman–Crippen MR) is 72.0 cm³/mol. The van der Waals surface area contributed by atoms with Crippen LogP contribution in [0.5, 0.6) is 5.75 Å². The highest BCUT2D eigenvalue weighted by atomic mass is 16.5. The Morgan fingerprint density at radius 1 is 1.47 bits per heavy atom. The number of para-hydroxylation sites is 1. The first-order chi connectivity index (χ1) is 8.86. The summed E-state index contributed by atoms with van der Waals surface area (Å²) in [6.45, 7) is 3.25. The first-order valence-corrected chi connectivity index (χ1v) is 5.97. The van der Waals surface area contributed by atoms with Crippen molar-refractivity contribution in [1.82, 2.24) is 5.32 Å². The lowest BCUT2D eigenvalue weighted by Crippen LogP contribution is -2.54. The number of nitrogens with zero attached hydrogens (tertiary/aromatic N) is 1.